The molecule has 0 saturated carbocycles. The molecular weight excluding hydrogens is 290 g/mol. The Morgan fingerprint density at radius 3 is 3.05 bits per heavy atom. The molecule has 0 radical (unpaired) electrons. The third-order valence-corrected chi connectivity index (χ3v) is 4.01. The summed E-state index contributed by atoms with van der Waals surface area (Å²) in [5.74, 6) is -0.277. The van der Waals surface area contributed by atoms with Gasteiger partial charge >= 0.3 is 0 Å². The Bertz CT molecular complexity index is 496. The van der Waals surface area contributed by atoms with E-state index in [2.05, 4.69) is 10.2 Å². The zero-order chi connectivity index (χ0) is 15.2. The molecule has 1 amide bonds. The first kappa shape index (κ1) is 16.1. The number of primary amides is 1. The number of hydrogen-bond donors (Lipinski definition) is 2. The largest absolute Gasteiger partial charge is 0.383 e. The standard InChI is InChI=1S/C15H22ClN3O2/c1-21-7-5-18-9-12-8-13(16)2-3-14(12)19-6-4-11(10-19)15(17)20/h2-3,8,11,18H,4-7,9-10H2,1H3,(H2,17,20). The Labute approximate surface area is 130 Å². The van der Waals surface area contributed by atoms with Gasteiger partial charge in [-0.15, -0.1) is 0 Å². The van der Waals surface area contributed by atoms with Crippen molar-refractivity contribution in [2.24, 2.45) is 11.7 Å². The van der Waals surface area contributed by atoms with Gasteiger partial charge in [-0.2, -0.15) is 0 Å². The van der Waals surface area contributed by atoms with E-state index >= 15 is 0 Å². The number of benzene rings is 1. The van der Waals surface area contributed by atoms with Crippen LogP contribution in [0.1, 0.15) is 12.0 Å². The monoisotopic (exact) mass is 311 g/mol. The molecule has 3 N–H and O–H groups in total. The van der Waals surface area contributed by atoms with Crippen LogP contribution in [-0.2, 0) is 16.1 Å². The second-order valence-corrected chi connectivity index (χ2v) is 5.71. The van der Waals surface area contributed by atoms with Crippen LogP contribution < -0.4 is 16.0 Å². The van der Waals surface area contributed by atoms with Gasteiger partial charge in [0.25, 0.3) is 0 Å². The number of nitrogens with two attached hydrogens (primary N) is 1. The number of nitrogens with one attached hydrogen (secondary N) is 1. The number of amides is 1. The van der Waals surface area contributed by atoms with Crippen molar-refractivity contribution in [1.82, 2.24) is 5.32 Å². The predicted octanol–water partition coefficient (Wildman–Crippen LogP) is 1.39. The van der Waals surface area contributed by atoms with Crippen LogP contribution in [0.25, 0.3) is 0 Å². The maximum absolute atomic E-state index is 11.3. The van der Waals surface area contributed by atoms with Crippen LogP contribution in [0, 0.1) is 5.92 Å². The molecule has 21 heavy (non-hydrogen) atoms. The fraction of sp³-hybridized carbons (Fsp3) is 0.533. The molecule has 0 aromatic heterocycles. The Morgan fingerprint density at radius 2 is 2.38 bits per heavy atom. The molecular formula is C15H22ClN3O2. The van der Waals surface area contributed by atoms with Crippen molar-refractivity contribution < 1.29 is 9.53 Å². The zero-order valence-electron chi connectivity index (χ0n) is 12.3. The number of carbonyl (C=O) groups excluding carboxylic acids is 1. The van der Waals surface area contributed by atoms with Gasteiger partial charge in [0.05, 0.1) is 12.5 Å². The van der Waals surface area contributed by atoms with Crippen LogP contribution in [0.15, 0.2) is 18.2 Å². The molecule has 0 aliphatic carbocycles. The number of rotatable bonds is 7. The minimum absolute atomic E-state index is 0.0602. The summed E-state index contributed by atoms with van der Waals surface area (Å²) in [6.07, 6.45) is 0.814. The Kier molecular flexibility index (Phi) is 5.85. The highest BCUT2D eigenvalue weighted by Gasteiger charge is 2.27. The first-order valence-corrected chi connectivity index (χ1v) is 7.52. The van der Waals surface area contributed by atoms with E-state index in [1.165, 1.54) is 0 Å². The molecule has 116 valence electrons. The highest BCUT2D eigenvalue weighted by atomic mass is 35.5. The van der Waals surface area contributed by atoms with E-state index in [4.69, 9.17) is 22.1 Å². The van der Waals surface area contributed by atoms with Crippen molar-refractivity contribution in [3.05, 3.63) is 28.8 Å². The van der Waals surface area contributed by atoms with Gasteiger partial charge in [-0.3, -0.25) is 4.79 Å². The molecule has 0 spiro atoms. The van der Waals surface area contributed by atoms with E-state index in [0.717, 1.165) is 37.3 Å². The summed E-state index contributed by atoms with van der Waals surface area (Å²) >= 11 is 6.10. The zero-order valence-corrected chi connectivity index (χ0v) is 13.0. The molecule has 1 aliphatic heterocycles. The SMILES string of the molecule is COCCNCc1cc(Cl)ccc1N1CCC(C(N)=O)C1. The third kappa shape index (κ3) is 4.33. The lowest BCUT2D eigenvalue weighted by Gasteiger charge is -2.22. The first-order valence-electron chi connectivity index (χ1n) is 7.14. The lowest BCUT2D eigenvalue weighted by atomic mass is 10.1. The van der Waals surface area contributed by atoms with Crippen molar-refractivity contribution in [3.8, 4) is 0 Å². The lowest BCUT2D eigenvalue weighted by molar-refractivity contribution is -0.121. The summed E-state index contributed by atoms with van der Waals surface area (Å²) in [7, 11) is 1.68. The van der Waals surface area contributed by atoms with Crippen molar-refractivity contribution >= 4 is 23.2 Å². The Hall–Kier alpha value is -1.30. The number of halogens is 1. The molecule has 1 aliphatic rings. The molecule has 1 fully saturated rings. The molecule has 1 aromatic rings. The normalized spacial score (nSPS) is 18.2. The minimum Gasteiger partial charge on any atom is -0.383 e. The topological polar surface area (TPSA) is 67.6 Å². The second kappa shape index (κ2) is 7.64. The molecule has 2 rings (SSSR count). The smallest absolute Gasteiger partial charge is 0.222 e. The summed E-state index contributed by atoms with van der Waals surface area (Å²) in [6, 6.07) is 5.86. The quantitative estimate of drug-likeness (QED) is 0.747. The molecule has 6 heteroatoms. The van der Waals surface area contributed by atoms with Gasteiger partial charge in [0.1, 0.15) is 0 Å². The summed E-state index contributed by atoms with van der Waals surface area (Å²) in [4.78, 5) is 13.5. The highest BCUT2D eigenvalue weighted by molar-refractivity contribution is 6.30. The van der Waals surface area contributed by atoms with Crippen LogP contribution >= 0.6 is 11.6 Å². The number of methoxy groups -OCH3 is 1. The third-order valence-electron chi connectivity index (χ3n) is 3.77. The first-order chi connectivity index (χ1) is 10.1. The number of hydrogen-bond acceptors (Lipinski definition) is 4. The van der Waals surface area contributed by atoms with E-state index in [0.29, 0.717) is 18.2 Å². The van der Waals surface area contributed by atoms with Gasteiger partial charge in [0.2, 0.25) is 5.91 Å². The summed E-state index contributed by atoms with van der Waals surface area (Å²) < 4.78 is 5.02. The number of carbonyl (C=O) groups is 1. The van der Waals surface area contributed by atoms with Crippen molar-refractivity contribution in [1.29, 1.82) is 0 Å². The van der Waals surface area contributed by atoms with Crippen LogP contribution in [-0.4, -0.2) is 39.3 Å². The molecule has 1 aromatic carbocycles. The van der Waals surface area contributed by atoms with Gasteiger partial charge in [0, 0.05) is 44.0 Å². The van der Waals surface area contributed by atoms with Gasteiger partial charge in [0.15, 0.2) is 0 Å². The van der Waals surface area contributed by atoms with Gasteiger partial charge in [-0.05, 0) is 30.2 Å². The van der Waals surface area contributed by atoms with E-state index < -0.39 is 0 Å². The van der Waals surface area contributed by atoms with Gasteiger partial charge in [-0.25, -0.2) is 0 Å². The maximum atomic E-state index is 11.3. The van der Waals surface area contributed by atoms with E-state index in [1.807, 2.05) is 18.2 Å². The van der Waals surface area contributed by atoms with Gasteiger partial charge in [-0.1, -0.05) is 11.6 Å². The number of ether oxygens (including phenoxy) is 1. The van der Waals surface area contributed by atoms with E-state index in [1.54, 1.807) is 7.11 Å². The maximum Gasteiger partial charge on any atom is 0.222 e. The van der Waals surface area contributed by atoms with E-state index in [9.17, 15) is 4.79 Å². The molecule has 1 heterocycles. The van der Waals surface area contributed by atoms with E-state index in [-0.39, 0.29) is 11.8 Å². The highest BCUT2D eigenvalue weighted by Crippen LogP contribution is 2.29. The van der Waals surface area contributed by atoms with Crippen LogP contribution in [0.4, 0.5) is 5.69 Å². The summed E-state index contributed by atoms with van der Waals surface area (Å²) in [5, 5.41) is 4.04. The summed E-state index contributed by atoms with van der Waals surface area (Å²) in [6.45, 7) is 3.70. The molecule has 1 saturated heterocycles. The molecule has 5 nitrogen and oxygen atoms in total. The second-order valence-electron chi connectivity index (χ2n) is 5.28. The van der Waals surface area contributed by atoms with Gasteiger partial charge < -0.3 is 20.7 Å². The summed E-state index contributed by atoms with van der Waals surface area (Å²) in [5.41, 5.74) is 7.65. The van der Waals surface area contributed by atoms with Crippen LogP contribution in [0.2, 0.25) is 5.02 Å². The fourth-order valence-electron chi connectivity index (χ4n) is 2.61. The predicted molar refractivity (Wildman–Crippen MR) is 84.5 cm³/mol. The lowest BCUT2D eigenvalue weighted by Crippen LogP contribution is -2.28. The van der Waals surface area contributed by atoms with Crippen LogP contribution in [0.3, 0.4) is 0 Å². The number of anilines is 1. The average molecular weight is 312 g/mol. The Morgan fingerprint density at radius 1 is 1.57 bits per heavy atom. The van der Waals surface area contributed by atoms with Crippen molar-refractivity contribution in [2.45, 2.75) is 13.0 Å². The number of nitrogens with zero attached hydrogens (tertiary/aromatic N) is 1. The molecule has 1 unspecified atom stereocenters. The molecule has 1 atom stereocenters. The fourth-order valence-corrected chi connectivity index (χ4v) is 2.81. The Balaban J connectivity index is 2.06. The average Bonchev–Trinajstić information content (AvgIpc) is 2.93. The van der Waals surface area contributed by atoms with Crippen molar-refractivity contribution in [2.75, 3.05) is 38.3 Å². The minimum atomic E-state index is -0.216. The van der Waals surface area contributed by atoms with Crippen molar-refractivity contribution in [3.63, 3.8) is 0 Å². The molecule has 0 bridgehead atoms. The van der Waals surface area contributed by atoms with Crippen LogP contribution in [0.5, 0.6) is 0 Å².